The van der Waals surface area contributed by atoms with Crippen LogP contribution in [0.25, 0.3) is 0 Å². The molecule has 1 spiro atoms. The van der Waals surface area contributed by atoms with Crippen LogP contribution in [0.15, 0.2) is 48.5 Å². The molecule has 156 valence electrons. The van der Waals surface area contributed by atoms with Crippen molar-refractivity contribution in [2.45, 2.75) is 44.2 Å². The van der Waals surface area contributed by atoms with Crippen LogP contribution in [0, 0.1) is 0 Å². The molecule has 1 aliphatic heterocycles. The number of nitrogens with zero attached hydrogens (tertiary/aromatic N) is 1. The summed E-state index contributed by atoms with van der Waals surface area (Å²) in [4.78, 5) is 39.8. The van der Waals surface area contributed by atoms with Crippen molar-refractivity contribution >= 4 is 29.4 Å². The monoisotopic (exact) mass is 425 g/mol. The summed E-state index contributed by atoms with van der Waals surface area (Å²) in [6.07, 6.45) is 3.18. The van der Waals surface area contributed by atoms with Crippen LogP contribution in [0.2, 0.25) is 5.02 Å². The van der Waals surface area contributed by atoms with Gasteiger partial charge in [0.15, 0.2) is 0 Å². The van der Waals surface area contributed by atoms with Gasteiger partial charge in [0.1, 0.15) is 12.1 Å². The number of fused-ring (bicyclic) bond motifs is 2. The molecule has 4 rings (SSSR count). The van der Waals surface area contributed by atoms with Crippen LogP contribution in [0.1, 0.15) is 48.9 Å². The van der Waals surface area contributed by atoms with E-state index in [1.165, 1.54) is 0 Å². The van der Waals surface area contributed by atoms with Crippen LogP contribution in [0.3, 0.4) is 0 Å². The highest BCUT2D eigenvalue weighted by Crippen LogP contribution is 2.38. The van der Waals surface area contributed by atoms with E-state index in [4.69, 9.17) is 11.6 Å². The standard InChI is InChI=1S/C23H24ClN3O3/c1-15(17-10-3-5-12-19(17)24)25-20(28)14-27-21(29)23(26-22(27)30)13-7-6-9-16-8-2-4-11-18(16)23/h2-5,8,10-12,15H,6-7,9,13-14H2,1H3,(H,25,28)(H,26,30)/t15-,23-/m1/s1. The van der Waals surface area contributed by atoms with Gasteiger partial charge in [-0.25, -0.2) is 4.79 Å². The van der Waals surface area contributed by atoms with Crippen molar-refractivity contribution in [3.8, 4) is 0 Å². The van der Waals surface area contributed by atoms with Gasteiger partial charge in [-0.05, 0) is 55.4 Å². The van der Waals surface area contributed by atoms with E-state index in [1.54, 1.807) is 6.07 Å². The third-order valence-corrected chi connectivity index (χ3v) is 6.30. The first kappa shape index (κ1) is 20.4. The van der Waals surface area contributed by atoms with Crippen LogP contribution in [-0.2, 0) is 21.5 Å². The molecular weight excluding hydrogens is 402 g/mol. The lowest BCUT2D eigenvalue weighted by Gasteiger charge is -2.27. The summed E-state index contributed by atoms with van der Waals surface area (Å²) in [5.74, 6) is -0.771. The van der Waals surface area contributed by atoms with Crippen LogP contribution in [-0.4, -0.2) is 29.3 Å². The van der Waals surface area contributed by atoms with Crippen molar-refractivity contribution in [2.75, 3.05) is 6.54 Å². The lowest BCUT2D eigenvalue weighted by Crippen LogP contribution is -2.45. The van der Waals surface area contributed by atoms with Crippen LogP contribution < -0.4 is 10.6 Å². The molecule has 1 saturated heterocycles. The fourth-order valence-corrected chi connectivity index (χ4v) is 4.75. The van der Waals surface area contributed by atoms with Gasteiger partial charge < -0.3 is 10.6 Å². The van der Waals surface area contributed by atoms with Gasteiger partial charge in [0.25, 0.3) is 5.91 Å². The maximum absolute atomic E-state index is 13.4. The highest BCUT2D eigenvalue weighted by atomic mass is 35.5. The molecule has 1 fully saturated rings. The molecule has 1 aliphatic carbocycles. The second-order valence-corrected chi connectivity index (χ2v) is 8.31. The summed E-state index contributed by atoms with van der Waals surface area (Å²) in [5.41, 5.74) is 1.60. The number of halogens is 1. The molecule has 2 aliphatic rings. The van der Waals surface area contributed by atoms with E-state index in [1.807, 2.05) is 49.4 Å². The molecule has 2 aromatic rings. The second-order valence-electron chi connectivity index (χ2n) is 7.90. The third-order valence-electron chi connectivity index (χ3n) is 5.95. The molecule has 2 atom stereocenters. The van der Waals surface area contributed by atoms with Gasteiger partial charge in [-0.2, -0.15) is 0 Å². The summed E-state index contributed by atoms with van der Waals surface area (Å²) >= 11 is 6.20. The van der Waals surface area contributed by atoms with Gasteiger partial charge in [-0.15, -0.1) is 0 Å². The maximum Gasteiger partial charge on any atom is 0.325 e. The summed E-state index contributed by atoms with van der Waals surface area (Å²) in [6.45, 7) is 1.48. The Labute approximate surface area is 180 Å². The topological polar surface area (TPSA) is 78.5 Å². The quantitative estimate of drug-likeness (QED) is 0.733. The molecule has 0 radical (unpaired) electrons. The molecule has 7 heteroatoms. The number of hydrogen-bond acceptors (Lipinski definition) is 3. The van der Waals surface area contributed by atoms with Crippen molar-refractivity contribution in [3.05, 3.63) is 70.2 Å². The minimum Gasteiger partial charge on any atom is -0.348 e. The summed E-state index contributed by atoms with van der Waals surface area (Å²) in [5, 5.41) is 6.28. The molecule has 6 nitrogen and oxygen atoms in total. The van der Waals surface area contributed by atoms with Crippen molar-refractivity contribution in [1.29, 1.82) is 0 Å². The minimum atomic E-state index is -1.08. The number of carbonyl (C=O) groups is 3. The largest absolute Gasteiger partial charge is 0.348 e. The van der Waals surface area contributed by atoms with Crippen LogP contribution >= 0.6 is 11.6 Å². The number of rotatable bonds is 4. The highest BCUT2D eigenvalue weighted by Gasteiger charge is 2.53. The first-order valence-electron chi connectivity index (χ1n) is 10.2. The number of nitrogens with one attached hydrogen (secondary N) is 2. The van der Waals surface area contributed by atoms with E-state index in [2.05, 4.69) is 10.6 Å². The fraction of sp³-hybridized carbons (Fsp3) is 0.348. The smallest absolute Gasteiger partial charge is 0.325 e. The number of urea groups is 1. The van der Waals surface area contributed by atoms with E-state index < -0.39 is 17.5 Å². The molecule has 4 amide bonds. The Bertz CT molecular complexity index is 1010. The molecule has 0 unspecified atom stereocenters. The Morgan fingerprint density at radius 1 is 1.17 bits per heavy atom. The molecular formula is C23H24ClN3O3. The average molecular weight is 426 g/mol. The molecule has 0 saturated carbocycles. The molecule has 2 N–H and O–H groups in total. The maximum atomic E-state index is 13.4. The number of imide groups is 1. The zero-order valence-electron chi connectivity index (χ0n) is 16.8. The molecule has 2 aromatic carbocycles. The number of amides is 4. The number of benzene rings is 2. The summed E-state index contributed by atoms with van der Waals surface area (Å²) in [6, 6.07) is 14.1. The van der Waals surface area contributed by atoms with Crippen LogP contribution in [0.4, 0.5) is 4.79 Å². The number of aryl methyl sites for hydroxylation is 1. The van der Waals surface area contributed by atoms with E-state index in [9.17, 15) is 14.4 Å². The Morgan fingerprint density at radius 3 is 2.70 bits per heavy atom. The zero-order chi connectivity index (χ0) is 21.3. The van der Waals surface area contributed by atoms with E-state index in [0.717, 1.165) is 40.9 Å². The first-order chi connectivity index (χ1) is 14.4. The number of carbonyl (C=O) groups excluding carboxylic acids is 3. The molecule has 0 bridgehead atoms. The zero-order valence-corrected chi connectivity index (χ0v) is 17.5. The van der Waals surface area contributed by atoms with E-state index in [-0.39, 0.29) is 18.5 Å². The second kappa shape index (κ2) is 8.11. The Morgan fingerprint density at radius 2 is 1.90 bits per heavy atom. The Balaban J connectivity index is 1.53. The lowest BCUT2D eigenvalue weighted by atomic mass is 9.84. The van der Waals surface area contributed by atoms with Crippen molar-refractivity contribution in [2.24, 2.45) is 0 Å². The minimum absolute atomic E-state index is 0.330. The summed E-state index contributed by atoms with van der Waals surface area (Å²) in [7, 11) is 0. The van der Waals surface area contributed by atoms with Gasteiger partial charge in [0.05, 0.1) is 6.04 Å². The predicted octanol–water partition coefficient (Wildman–Crippen LogP) is 3.69. The van der Waals surface area contributed by atoms with Gasteiger partial charge in [0, 0.05) is 5.02 Å². The normalized spacial score (nSPS) is 21.7. The fourth-order valence-electron chi connectivity index (χ4n) is 4.45. The van der Waals surface area contributed by atoms with E-state index in [0.29, 0.717) is 11.4 Å². The molecule has 1 heterocycles. The highest BCUT2D eigenvalue weighted by molar-refractivity contribution is 6.31. The van der Waals surface area contributed by atoms with Crippen molar-refractivity contribution in [1.82, 2.24) is 15.5 Å². The SMILES string of the molecule is C[C@@H](NC(=O)CN1C(=O)N[C@@]2(CCCCc3ccccc32)C1=O)c1ccccc1Cl. The van der Waals surface area contributed by atoms with E-state index >= 15 is 0 Å². The van der Waals surface area contributed by atoms with Gasteiger partial charge in [-0.3, -0.25) is 14.5 Å². The molecule has 0 aromatic heterocycles. The van der Waals surface area contributed by atoms with Crippen LogP contribution in [0.5, 0.6) is 0 Å². The predicted molar refractivity (Wildman–Crippen MR) is 114 cm³/mol. The summed E-state index contributed by atoms with van der Waals surface area (Å²) < 4.78 is 0. The van der Waals surface area contributed by atoms with Gasteiger partial charge in [0.2, 0.25) is 5.91 Å². The Kier molecular flexibility index (Phi) is 5.52. The van der Waals surface area contributed by atoms with Crippen molar-refractivity contribution in [3.63, 3.8) is 0 Å². The molecule has 30 heavy (non-hydrogen) atoms. The van der Waals surface area contributed by atoms with Gasteiger partial charge in [-0.1, -0.05) is 54.1 Å². The number of hydrogen-bond donors (Lipinski definition) is 2. The third kappa shape index (κ3) is 3.56. The van der Waals surface area contributed by atoms with Gasteiger partial charge >= 0.3 is 6.03 Å². The van der Waals surface area contributed by atoms with Crippen molar-refractivity contribution < 1.29 is 14.4 Å². The average Bonchev–Trinajstić information content (AvgIpc) is 2.87. The lowest BCUT2D eigenvalue weighted by molar-refractivity contribution is -0.135. The first-order valence-corrected chi connectivity index (χ1v) is 10.6. The Hall–Kier alpha value is -2.86.